The number of carboxylic acids is 1. The lowest BCUT2D eigenvalue weighted by Crippen LogP contribution is -2.48. The van der Waals surface area contributed by atoms with E-state index in [2.05, 4.69) is 38.3 Å². The highest BCUT2D eigenvalue weighted by Gasteiger charge is 2.21. The summed E-state index contributed by atoms with van der Waals surface area (Å²) in [6, 6.07) is -1.56. The molecule has 0 bridgehead atoms. The van der Waals surface area contributed by atoms with Gasteiger partial charge < -0.3 is 20.8 Å². The summed E-state index contributed by atoms with van der Waals surface area (Å²) >= 11 is 0. The fourth-order valence-corrected chi connectivity index (χ4v) is 2.05. The molecule has 2 amide bonds. The van der Waals surface area contributed by atoms with E-state index in [0.29, 0.717) is 24.3 Å². The third-order valence-electron chi connectivity index (χ3n) is 3.23. The van der Waals surface area contributed by atoms with Gasteiger partial charge in [0.15, 0.2) is 0 Å². The average Bonchev–Trinajstić information content (AvgIpc) is 2.27. The van der Waals surface area contributed by atoms with E-state index in [9.17, 15) is 9.59 Å². The predicted octanol–water partition coefficient (Wildman–Crippen LogP) is 1.05. The Bertz CT molecular complexity index is 284. The van der Waals surface area contributed by atoms with Crippen molar-refractivity contribution < 1.29 is 19.8 Å². The van der Waals surface area contributed by atoms with Gasteiger partial charge in [-0.3, -0.25) is 0 Å². The summed E-state index contributed by atoms with van der Waals surface area (Å²) < 4.78 is 0. The number of carboxylic acid groups (broad SMARTS) is 1. The van der Waals surface area contributed by atoms with Crippen molar-refractivity contribution in [3.05, 3.63) is 0 Å². The molecule has 0 heterocycles. The Balaban J connectivity index is 4.26. The fraction of sp³-hybridized carbons (Fsp3) is 0.846. The van der Waals surface area contributed by atoms with Gasteiger partial charge in [0.2, 0.25) is 0 Å². The number of nitrogens with one attached hydrogen (secondary N) is 2. The Hall–Kier alpha value is -1.30. The molecule has 0 rings (SSSR count). The van der Waals surface area contributed by atoms with Crippen molar-refractivity contribution in [2.75, 3.05) is 13.2 Å². The van der Waals surface area contributed by atoms with E-state index in [4.69, 9.17) is 10.2 Å². The van der Waals surface area contributed by atoms with Crippen LogP contribution in [0.3, 0.4) is 0 Å². The van der Waals surface area contributed by atoms with Crippen molar-refractivity contribution in [3.63, 3.8) is 0 Å². The number of rotatable bonds is 8. The van der Waals surface area contributed by atoms with Crippen LogP contribution < -0.4 is 10.6 Å². The Labute approximate surface area is 114 Å². The number of amides is 2. The van der Waals surface area contributed by atoms with Gasteiger partial charge in [-0.05, 0) is 17.8 Å². The molecule has 6 heteroatoms. The number of carbonyl (C=O) groups excluding carboxylic acids is 1. The van der Waals surface area contributed by atoms with Crippen LogP contribution in [0.5, 0.6) is 0 Å². The third kappa shape index (κ3) is 7.00. The van der Waals surface area contributed by atoms with Crippen LogP contribution in [0.1, 0.15) is 34.1 Å². The highest BCUT2D eigenvalue weighted by molar-refractivity contribution is 5.82. The van der Waals surface area contributed by atoms with Gasteiger partial charge in [-0.25, -0.2) is 9.59 Å². The van der Waals surface area contributed by atoms with Crippen LogP contribution in [0, 0.1) is 17.8 Å². The van der Waals surface area contributed by atoms with E-state index in [0.717, 1.165) is 0 Å². The minimum atomic E-state index is -1.14. The largest absolute Gasteiger partial charge is 0.480 e. The maximum absolute atomic E-state index is 11.6. The van der Waals surface area contributed by atoms with Gasteiger partial charge in [0, 0.05) is 19.6 Å². The lowest BCUT2D eigenvalue weighted by molar-refractivity contribution is -0.139. The van der Waals surface area contributed by atoms with Gasteiger partial charge in [0.25, 0.3) is 0 Å². The molecule has 112 valence electrons. The van der Waals surface area contributed by atoms with Gasteiger partial charge >= 0.3 is 12.0 Å². The molecule has 19 heavy (non-hydrogen) atoms. The molecule has 4 N–H and O–H groups in total. The Kier molecular flexibility index (Phi) is 8.14. The molecule has 0 spiro atoms. The van der Waals surface area contributed by atoms with Crippen LogP contribution in [0.25, 0.3) is 0 Å². The molecule has 0 aliphatic rings. The molecule has 6 nitrogen and oxygen atoms in total. The van der Waals surface area contributed by atoms with Crippen LogP contribution in [0.15, 0.2) is 0 Å². The fourth-order valence-electron chi connectivity index (χ4n) is 2.05. The van der Waals surface area contributed by atoms with E-state index in [-0.39, 0.29) is 13.0 Å². The summed E-state index contributed by atoms with van der Waals surface area (Å²) in [5, 5.41) is 22.6. The van der Waals surface area contributed by atoms with Crippen molar-refractivity contribution in [2.45, 2.75) is 40.2 Å². The molecular formula is C13H26N2O4. The highest BCUT2D eigenvalue weighted by Crippen LogP contribution is 2.19. The first-order valence-electron chi connectivity index (χ1n) is 6.67. The van der Waals surface area contributed by atoms with Gasteiger partial charge in [-0.1, -0.05) is 27.7 Å². The molecule has 0 unspecified atom stereocenters. The maximum atomic E-state index is 11.6. The second-order valence-corrected chi connectivity index (χ2v) is 5.41. The van der Waals surface area contributed by atoms with Gasteiger partial charge in [-0.2, -0.15) is 0 Å². The second-order valence-electron chi connectivity index (χ2n) is 5.41. The van der Waals surface area contributed by atoms with Crippen LogP contribution in [0.4, 0.5) is 4.79 Å². The zero-order valence-electron chi connectivity index (χ0n) is 12.1. The van der Waals surface area contributed by atoms with Crippen molar-refractivity contribution in [3.8, 4) is 0 Å². The van der Waals surface area contributed by atoms with Gasteiger partial charge in [0.1, 0.15) is 6.04 Å². The number of aliphatic hydroxyl groups excluding tert-OH is 1. The lowest BCUT2D eigenvalue weighted by Gasteiger charge is -2.25. The summed E-state index contributed by atoms with van der Waals surface area (Å²) in [6.07, 6.45) is 0.000539. The number of aliphatic carboxylic acids is 1. The second kappa shape index (κ2) is 8.74. The number of hydrogen-bond acceptors (Lipinski definition) is 3. The molecule has 0 saturated heterocycles. The highest BCUT2D eigenvalue weighted by atomic mass is 16.4. The quantitative estimate of drug-likeness (QED) is 0.531. The van der Waals surface area contributed by atoms with Crippen LogP contribution in [-0.4, -0.2) is 41.4 Å². The molecule has 0 radical (unpaired) electrons. The standard InChI is InChI=1S/C13H26N2O4/c1-8(2)10(9(3)4)7-14-13(19)15-11(5-6-16)12(17)18/h8-11,16H,5-7H2,1-4H3,(H,17,18)(H2,14,15,19)/t11-/m0/s1. The number of urea groups is 1. The minimum absolute atomic E-state index is 0.000539. The van der Waals surface area contributed by atoms with Crippen molar-refractivity contribution in [1.29, 1.82) is 0 Å². The van der Waals surface area contributed by atoms with E-state index in [1.54, 1.807) is 0 Å². The molecule has 0 aromatic carbocycles. The number of aliphatic hydroxyl groups is 1. The van der Waals surface area contributed by atoms with E-state index in [1.807, 2.05) is 0 Å². The lowest BCUT2D eigenvalue weighted by atomic mass is 9.85. The normalized spacial score (nSPS) is 12.8. The summed E-state index contributed by atoms with van der Waals surface area (Å²) in [5.41, 5.74) is 0. The molecular weight excluding hydrogens is 248 g/mol. The molecule has 0 aromatic heterocycles. The number of carbonyl (C=O) groups is 2. The average molecular weight is 274 g/mol. The summed E-state index contributed by atoms with van der Waals surface area (Å²) in [5.74, 6) is 0.0707. The minimum Gasteiger partial charge on any atom is -0.480 e. The van der Waals surface area contributed by atoms with E-state index >= 15 is 0 Å². The summed E-state index contributed by atoms with van der Waals surface area (Å²) in [7, 11) is 0. The predicted molar refractivity (Wildman–Crippen MR) is 72.8 cm³/mol. The summed E-state index contributed by atoms with van der Waals surface area (Å²) in [6.45, 7) is 8.60. The van der Waals surface area contributed by atoms with E-state index < -0.39 is 18.0 Å². The number of hydrogen-bond donors (Lipinski definition) is 4. The zero-order chi connectivity index (χ0) is 15.0. The molecule has 0 aliphatic heterocycles. The van der Waals surface area contributed by atoms with E-state index in [1.165, 1.54) is 0 Å². The monoisotopic (exact) mass is 274 g/mol. The Morgan fingerprint density at radius 2 is 1.63 bits per heavy atom. The third-order valence-corrected chi connectivity index (χ3v) is 3.23. The molecule has 0 aliphatic carbocycles. The van der Waals surface area contributed by atoms with Crippen LogP contribution >= 0.6 is 0 Å². The first kappa shape index (κ1) is 17.7. The van der Waals surface area contributed by atoms with Crippen LogP contribution in [0.2, 0.25) is 0 Å². The zero-order valence-corrected chi connectivity index (χ0v) is 12.1. The molecule has 0 aromatic rings. The Morgan fingerprint density at radius 3 is 2.00 bits per heavy atom. The SMILES string of the molecule is CC(C)C(CNC(=O)N[C@@H](CCO)C(=O)O)C(C)C. The molecule has 1 atom stereocenters. The smallest absolute Gasteiger partial charge is 0.326 e. The topological polar surface area (TPSA) is 98.7 Å². The summed E-state index contributed by atoms with van der Waals surface area (Å²) in [4.78, 5) is 22.4. The Morgan fingerprint density at radius 1 is 1.11 bits per heavy atom. The van der Waals surface area contributed by atoms with Crippen molar-refractivity contribution in [2.24, 2.45) is 17.8 Å². The molecule has 0 fully saturated rings. The van der Waals surface area contributed by atoms with Crippen molar-refractivity contribution in [1.82, 2.24) is 10.6 Å². The maximum Gasteiger partial charge on any atom is 0.326 e. The molecule has 0 saturated carbocycles. The van der Waals surface area contributed by atoms with Gasteiger partial charge in [0.05, 0.1) is 0 Å². The first-order chi connectivity index (χ1) is 8.79. The van der Waals surface area contributed by atoms with Crippen molar-refractivity contribution >= 4 is 12.0 Å². The first-order valence-corrected chi connectivity index (χ1v) is 6.67. The van der Waals surface area contributed by atoms with Gasteiger partial charge in [-0.15, -0.1) is 0 Å². The van der Waals surface area contributed by atoms with Crippen LogP contribution in [-0.2, 0) is 4.79 Å².